The molecule has 0 bridgehead atoms. The molecule has 0 aliphatic carbocycles. The van der Waals surface area contributed by atoms with Crippen molar-refractivity contribution in [3.8, 4) is 0 Å². The summed E-state index contributed by atoms with van der Waals surface area (Å²) >= 11 is 0. The van der Waals surface area contributed by atoms with Crippen LogP contribution >= 0.6 is 0 Å². The number of rotatable bonds is 4. The number of aromatic nitrogens is 1. The van der Waals surface area contributed by atoms with E-state index < -0.39 is 5.97 Å². The normalized spacial score (nSPS) is 10.1. The number of hydrogen-bond acceptors (Lipinski definition) is 1. The fourth-order valence-electron chi connectivity index (χ4n) is 1.46. The second-order valence-electron chi connectivity index (χ2n) is 3.24. The van der Waals surface area contributed by atoms with Crippen LogP contribution in [0.15, 0.2) is 18.3 Å². The van der Waals surface area contributed by atoms with Crippen LogP contribution in [0.1, 0.15) is 25.1 Å². The predicted molar refractivity (Wildman–Crippen MR) is 53.0 cm³/mol. The third-order valence-electron chi connectivity index (χ3n) is 2.27. The van der Waals surface area contributed by atoms with Crippen LogP contribution in [0.25, 0.3) is 0 Å². The molecule has 3 nitrogen and oxygen atoms in total. The van der Waals surface area contributed by atoms with Crippen LogP contribution in [0.4, 0.5) is 0 Å². The van der Waals surface area contributed by atoms with E-state index in [1.54, 1.807) is 0 Å². The van der Waals surface area contributed by atoms with E-state index in [0.717, 1.165) is 18.7 Å². The fraction of sp³-hybridized carbons (Fsp3) is 0.455. The molecule has 0 aromatic carbocycles. The summed E-state index contributed by atoms with van der Waals surface area (Å²) in [6.45, 7) is 4.89. The van der Waals surface area contributed by atoms with Gasteiger partial charge in [-0.05, 0) is 18.9 Å². The van der Waals surface area contributed by atoms with Gasteiger partial charge in [0, 0.05) is 12.1 Å². The highest BCUT2D eigenvalue weighted by molar-refractivity contribution is 5.69. The molecule has 0 atom stereocenters. The second kappa shape index (κ2) is 4.74. The average molecular weight is 194 g/mol. The molecule has 14 heavy (non-hydrogen) atoms. The summed E-state index contributed by atoms with van der Waals surface area (Å²) in [4.78, 5) is 10.6. The molecular formula is C11H16NO2+. The first-order valence-corrected chi connectivity index (χ1v) is 4.90. The van der Waals surface area contributed by atoms with Crippen molar-refractivity contribution in [1.29, 1.82) is 0 Å². The number of nitrogens with zero attached hydrogens (tertiary/aromatic N) is 1. The van der Waals surface area contributed by atoms with Gasteiger partial charge in [0.25, 0.3) is 0 Å². The van der Waals surface area contributed by atoms with Gasteiger partial charge in [0.2, 0.25) is 0 Å². The monoisotopic (exact) mass is 194 g/mol. The highest BCUT2D eigenvalue weighted by Gasteiger charge is 2.12. The van der Waals surface area contributed by atoms with E-state index in [1.165, 1.54) is 5.56 Å². The lowest BCUT2D eigenvalue weighted by Crippen LogP contribution is -2.38. The van der Waals surface area contributed by atoms with Gasteiger partial charge in [0.1, 0.15) is 13.0 Å². The third kappa shape index (κ3) is 2.55. The number of aryl methyl sites for hydroxylation is 2. The maximum atomic E-state index is 10.6. The number of pyridine rings is 1. The van der Waals surface area contributed by atoms with Crippen LogP contribution in [0.3, 0.4) is 0 Å². The number of aliphatic carboxylic acids is 1. The van der Waals surface area contributed by atoms with Gasteiger partial charge in [-0.15, -0.1) is 0 Å². The first-order valence-electron chi connectivity index (χ1n) is 4.90. The average Bonchev–Trinajstić information content (AvgIpc) is 2.16. The highest BCUT2D eigenvalue weighted by Crippen LogP contribution is 2.02. The van der Waals surface area contributed by atoms with Crippen LogP contribution < -0.4 is 4.57 Å². The third-order valence-corrected chi connectivity index (χ3v) is 2.27. The maximum absolute atomic E-state index is 10.6. The van der Waals surface area contributed by atoms with Crippen molar-refractivity contribution in [3.05, 3.63) is 29.6 Å². The summed E-state index contributed by atoms with van der Waals surface area (Å²) in [5, 5.41) is 8.74. The molecule has 0 aliphatic rings. The molecule has 0 saturated carbocycles. The van der Waals surface area contributed by atoms with Gasteiger partial charge in [0.15, 0.2) is 11.9 Å². The van der Waals surface area contributed by atoms with Crippen molar-refractivity contribution in [2.24, 2.45) is 0 Å². The molecular weight excluding hydrogens is 178 g/mol. The number of hydrogen-bond donors (Lipinski definition) is 1. The van der Waals surface area contributed by atoms with Gasteiger partial charge in [-0.3, -0.25) is 4.79 Å². The predicted octanol–water partition coefficient (Wildman–Crippen LogP) is 1.18. The quantitative estimate of drug-likeness (QED) is 0.731. The Morgan fingerprint density at radius 3 is 2.71 bits per heavy atom. The number of carbonyl (C=O) groups is 1. The Hall–Kier alpha value is -1.38. The Bertz CT molecular complexity index is 334. The first-order chi connectivity index (χ1) is 6.67. The van der Waals surface area contributed by atoms with Crippen LogP contribution in [0.5, 0.6) is 0 Å². The molecule has 3 heteroatoms. The smallest absolute Gasteiger partial charge is 0.314 e. The Balaban J connectivity index is 3.01. The van der Waals surface area contributed by atoms with Crippen molar-refractivity contribution < 1.29 is 14.5 Å². The molecule has 0 amide bonds. The summed E-state index contributed by atoms with van der Waals surface area (Å²) in [5.74, 6) is -0.777. The van der Waals surface area contributed by atoms with Gasteiger partial charge >= 0.3 is 5.97 Å². The van der Waals surface area contributed by atoms with E-state index in [9.17, 15) is 4.79 Å². The summed E-state index contributed by atoms with van der Waals surface area (Å²) in [6, 6.07) is 4.01. The standard InChI is InChI=1S/C11H15NO2/c1-3-9-5-6-12(4-2)10(7-9)8-11(13)14/h5-7H,3-4,8H2,1-2H3/p+1. The molecule has 0 unspecified atom stereocenters. The molecule has 1 heterocycles. The van der Waals surface area contributed by atoms with E-state index in [1.807, 2.05) is 29.8 Å². The van der Waals surface area contributed by atoms with E-state index >= 15 is 0 Å². The van der Waals surface area contributed by atoms with Crippen LogP contribution in [0, 0.1) is 0 Å². The molecule has 1 N–H and O–H groups in total. The minimum Gasteiger partial charge on any atom is -0.481 e. The molecule has 76 valence electrons. The van der Waals surface area contributed by atoms with E-state index in [2.05, 4.69) is 6.92 Å². The molecule has 1 aromatic rings. The lowest BCUT2D eigenvalue weighted by molar-refractivity contribution is -0.700. The van der Waals surface area contributed by atoms with Crippen LogP contribution in [0.2, 0.25) is 0 Å². The molecule has 0 radical (unpaired) electrons. The van der Waals surface area contributed by atoms with Crippen molar-refractivity contribution >= 4 is 5.97 Å². The van der Waals surface area contributed by atoms with Crippen molar-refractivity contribution in [2.75, 3.05) is 0 Å². The molecule has 0 spiro atoms. The summed E-state index contributed by atoms with van der Waals surface area (Å²) in [5.41, 5.74) is 2.06. The van der Waals surface area contributed by atoms with Gasteiger partial charge in [-0.2, -0.15) is 0 Å². The Morgan fingerprint density at radius 1 is 1.50 bits per heavy atom. The topological polar surface area (TPSA) is 41.2 Å². The van der Waals surface area contributed by atoms with E-state index in [4.69, 9.17) is 5.11 Å². The van der Waals surface area contributed by atoms with Gasteiger partial charge < -0.3 is 5.11 Å². The van der Waals surface area contributed by atoms with E-state index in [-0.39, 0.29) is 6.42 Å². The lowest BCUT2D eigenvalue weighted by atomic mass is 10.1. The lowest BCUT2D eigenvalue weighted by Gasteiger charge is -2.01. The largest absolute Gasteiger partial charge is 0.481 e. The van der Waals surface area contributed by atoms with Gasteiger partial charge in [-0.25, -0.2) is 4.57 Å². The maximum Gasteiger partial charge on any atom is 0.314 e. The second-order valence-corrected chi connectivity index (χ2v) is 3.24. The van der Waals surface area contributed by atoms with Gasteiger partial charge in [-0.1, -0.05) is 6.92 Å². The van der Waals surface area contributed by atoms with Crippen molar-refractivity contribution in [3.63, 3.8) is 0 Å². The van der Waals surface area contributed by atoms with Crippen LogP contribution in [-0.2, 0) is 24.2 Å². The van der Waals surface area contributed by atoms with Gasteiger partial charge in [0.05, 0.1) is 0 Å². The minimum absolute atomic E-state index is 0.0989. The summed E-state index contributed by atoms with van der Waals surface area (Å²) < 4.78 is 1.97. The number of carboxylic acid groups (broad SMARTS) is 1. The van der Waals surface area contributed by atoms with Crippen molar-refractivity contribution in [2.45, 2.75) is 33.2 Å². The van der Waals surface area contributed by atoms with Crippen molar-refractivity contribution in [1.82, 2.24) is 0 Å². The van der Waals surface area contributed by atoms with Crippen LogP contribution in [-0.4, -0.2) is 11.1 Å². The molecule has 1 rings (SSSR count). The Morgan fingerprint density at radius 2 is 2.21 bits per heavy atom. The van der Waals surface area contributed by atoms with E-state index in [0.29, 0.717) is 0 Å². The highest BCUT2D eigenvalue weighted by atomic mass is 16.4. The molecule has 1 aromatic heterocycles. The fourth-order valence-corrected chi connectivity index (χ4v) is 1.46. The molecule has 0 saturated heterocycles. The zero-order chi connectivity index (χ0) is 10.6. The first kappa shape index (κ1) is 10.7. The SMILES string of the molecule is CCc1cc[n+](CC)c(CC(=O)O)c1. The minimum atomic E-state index is -0.777. The molecule has 0 fully saturated rings. The Kier molecular flexibility index (Phi) is 3.63. The Labute approximate surface area is 84.0 Å². The number of carboxylic acids is 1. The molecule has 0 aliphatic heterocycles. The zero-order valence-electron chi connectivity index (χ0n) is 8.66. The zero-order valence-corrected chi connectivity index (χ0v) is 8.66. The summed E-state index contributed by atoms with van der Waals surface area (Å²) in [6.07, 6.45) is 3.00. The summed E-state index contributed by atoms with van der Waals surface area (Å²) in [7, 11) is 0.